The summed E-state index contributed by atoms with van der Waals surface area (Å²) in [6, 6.07) is 0. The first kappa shape index (κ1) is 13.5. The van der Waals surface area contributed by atoms with Crippen LogP contribution in [0.5, 0.6) is 0 Å². The molecule has 1 aliphatic rings. The topological polar surface area (TPSA) is 47.6 Å². The Morgan fingerprint density at radius 3 is 3.00 bits per heavy atom. The van der Waals surface area contributed by atoms with Crippen LogP contribution in [0.4, 0.5) is 0 Å². The highest BCUT2D eigenvalue weighted by molar-refractivity contribution is 5.70. The number of piperidine rings is 1. The van der Waals surface area contributed by atoms with Gasteiger partial charge in [-0.15, -0.1) is 0 Å². The van der Waals surface area contributed by atoms with E-state index in [9.17, 15) is 4.79 Å². The van der Waals surface area contributed by atoms with Gasteiger partial charge in [0.1, 0.15) is 6.61 Å². The molecule has 2 atom stereocenters. The monoisotopic (exact) mass is 229 g/mol. The minimum absolute atomic E-state index is 0.0837. The van der Waals surface area contributed by atoms with Gasteiger partial charge < -0.3 is 14.8 Å². The van der Waals surface area contributed by atoms with Crippen molar-refractivity contribution in [2.45, 2.75) is 39.2 Å². The zero-order chi connectivity index (χ0) is 11.8. The minimum atomic E-state index is -0.244. The first-order valence-electron chi connectivity index (χ1n) is 6.22. The van der Waals surface area contributed by atoms with Gasteiger partial charge in [0.15, 0.2) is 0 Å². The number of hydrogen-bond acceptors (Lipinski definition) is 4. The highest BCUT2D eigenvalue weighted by Crippen LogP contribution is 2.14. The van der Waals surface area contributed by atoms with Crippen LogP contribution < -0.4 is 5.32 Å². The first-order valence-corrected chi connectivity index (χ1v) is 6.22. The molecule has 0 amide bonds. The minimum Gasteiger partial charge on any atom is -0.464 e. The van der Waals surface area contributed by atoms with Crippen LogP contribution in [0.3, 0.4) is 0 Å². The predicted octanol–water partition coefficient (Wildman–Crippen LogP) is 1.34. The van der Waals surface area contributed by atoms with Crippen LogP contribution in [0, 0.1) is 5.92 Å². The zero-order valence-electron chi connectivity index (χ0n) is 10.3. The smallest absolute Gasteiger partial charge is 0.332 e. The molecule has 0 spiro atoms. The van der Waals surface area contributed by atoms with Crippen LogP contribution in [-0.2, 0) is 14.3 Å². The molecule has 4 heteroatoms. The van der Waals surface area contributed by atoms with Crippen molar-refractivity contribution >= 4 is 5.97 Å². The van der Waals surface area contributed by atoms with Crippen molar-refractivity contribution in [3.05, 3.63) is 0 Å². The SMILES string of the molecule is CCCCOC(=O)COC1CNCCC1C. The highest BCUT2D eigenvalue weighted by Gasteiger charge is 2.22. The third kappa shape index (κ3) is 4.94. The molecule has 1 heterocycles. The van der Waals surface area contributed by atoms with Crippen LogP contribution in [0.15, 0.2) is 0 Å². The molecule has 1 aliphatic heterocycles. The fraction of sp³-hybridized carbons (Fsp3) is 0.917. The van der Waals surface area contributed by atoms with E-state index in [1.54, 1.807) is 0 Å². The number of carbonyl (C=O) groups excluding carboxylic acids is 1. The van der Waals surface area contributed by atoms with E-state index in [0.29, 0.717) is 12.5 Å². The number of hydrogen-bond donors (Lipinski definition) is 1. The summed E-state index contributed by atoms with van der Waals surface area (Å²) in [6.45, 7) is 6.70. The Bertz CT molecular complexity index is 208. The molecule has 0 aromatic rings. The van der Waals surface area contributed by atoms with Gasteiger partial charge >= 0.3 is 5.97 Å². The lowest BCUT2D eigenvalue weighted by Gasteiger charge is -2.29. The number of unbranched alkanes of at least 4 members (excludes halogenated alkanes) is 1. The van der Waals surface area contributed by atoms with E-state index in [1.165, 1.54) is 0 Å². The largest absolute Gasteiger partial charge is 0.464 e. The van der Waals surface area contributed by atoms with E-state index in [1.807, 2.05) is 0 Å². The predicted molar refractivity (Wildman–Crippen MR) is 62.3 cm³/mol. The second-order valence-corrected chi connectivity index (χ2v) is 4.39. The average molecular weight is 229 g/mol. The van der Waals surface area contributed by atoms with Gasteiger partial charge in [-0.2, -0.15) is 0 Å². The number of nitrogens with one attached hydrogen (secondary N) is 1. The van der Waals surface area contributed by atoms with Gasteiger partial charge in [-0.3, -0.25) is 0 Å². The molecule has 2 unspecified atom stereocenters. The zero-order valence-corrected chi connectivity index (χ0v) is 10.3. The molecular formula is C12H23NO3. The maximum atomic E-state index is 11.3. The maximum Gasteiger partial charge on any atom is 0.332 e. The van der Waals surface area contributed by atoms with Crippen molar-refractivity contribution in [2.75, 3.05) is 26.3 Å². The first-order chi connectivity index (χ1) is 7.74. The summed E-state index contributed by atoms with van der Waals surface area (Å²) in [5, 5.41) is 3.26. The molecular weight excluding hydrogens is 206 g/mol. The Labute approximate surface area is 97.7 Å². The molecule has 0 radical (unpaired) electrons. The average Bonchev–Trinajstić information content (AvgIpc) is 2.28. The van der Waals surface area contributed by atoms with E-state index in [-0.39, 0.29) is 18.7 Å². The van der Waals surface area contributed by atoms with Crippen molar-refractivity contribution in [3.8, 4) is 0 Å². The second kappa shape index (κ2) is 7.63. The van der Waals surface area contributed by atoms with Gasteiger partial charge in [-0.05, 0) is 25.3 Å². The molecule has 16 heavy (non-hydrogen) atoms. The third-order valence-electron chi connectivity index (χ3n) is 2.93. The lowest BCUT2D eigenvalue weighted by atomic mass is 9.97. The summed E-state index contributed by atoms with van der Waals surface area (Å²) in [6.07, 6.45) is 3.22. The molecule has 4 nitrogen and oxygen atoms in total. The number of esters is 1. The molecule has 0 aromatic heterocycles. The summed E-state index contributed by atoms with van der Waals surface area (Å²) in [5.74, 6) is 0.274. The van der Waals surface area contributed by atoms with Crippen molar-refractivity contribution in [3.63, 3.8) is 0 Å². The molecule has 1 rings (SSSR count). The summed E-state index contributed by atoms with van der Waals surface area (Å²) in [5.41, 5.74) is 0. The van der Waals surface area contributed by atoms with Crippen LogP contribution >= 0.6 is 0 Å². The fourth-order valence-corrected chi connectivity index (χ4v) is 1.73. The summed E-state index contributed by atoms with van der Waals surface area (Å²) in [4.78, 5) is 11.3. The van der Waals surface area contributed by atoms with Crippen molar-refractivity contribution in [2.24, 2.45) is 5.92 Å². The Balaban J connectivity index is 2.10. The standard InChI is InChI=1S/C12H23NO3/c1-3-4-7-15-12(14)9-16-11-8-13-6-5-10(11)2/h10-11,13H,3-9H2,1-2H3. The van der Waals surface area contributed by atoms with Crippen LogP contribution in [-0.4, -0.2) is 38.4 Å². The Morgan fingerprint density at radius 2 is 2.31 bits per heavy atom. The quantitative estimate of drug-likeness (QED) is 0.551. The van der Waals surface area contributed by atoms with E-state index >= 15 is 0 Å². The molecule has 1 N–H and O–H groups in total. The van der Waals surface area contributed by atoms with Crippen molar-refractivity contribution in [1.29, 1.82) is 0 Å². The molecule has 1 saturated heterocycles. The molecule has 94 valence electrons. The number of ether oxygens (including phenoxy) is 2. The fourth-order valence-electron chi connectivity index (χ4n) is 1.73. The van der Waals surface area contributed by atoms with Gasteiger partial charge in [0, 0.05) is 6.54 Å². The normalized spacial score (nSPS) is 25.4. The molecule has 0 aliphatic carbocycles. The highest BCUT2D eigenvalue weighted by atomic mass is 16.6. The van der Waals surface area contributed by atoms with Crippen LogP contribution in [0.1, 0.15) is 33.1 Å². The van der Waals surface area contributed by atoms with E-state index in [2.05, 4.69) is 19.2 Å². The van der Waals surface area contributed by atoms with Crippen LogP contribution in [0.2, 0.25) is 0 Å². The van der Waals surface area contributed by atoms with Gasteiger partial charge in [0.25, 0.3) is 0 Å². The van der Waals surface area contributed by atoms with E-state index in [4.69, 9.17) is 9.47 Å². The van der Waals surface area contributed by atoms with Gasteiger partial charge in [0.05, 0.1) is 12.7 Å². The Hall–Kier alpha value is -0.610. The molecule has 0 aromatic carbocycles. The van der Waals surface area contributed by atoms with E-state index in [0.717, 1.165) is 32.4 Å². The van der Waals surface area contributed by atoms with E-state index < -0.39 is 0 Å². The summed E-state index contributed by atoms with van der Waals surface area (Å²) in [7, 11) is 0. The lowest BCUT2D eigenvalue weighted by Crippen LogP contribution is -2.41. The molecule has 0 bridgehead atoms. The van der Waals surface area contributed by atoms with Crippen molar-refractivity contribution < 1.29 is 14.3 Å². The van der Waals surface area contributed by atoms with Gasteiger partial charge in [0.2, 0.25) is 0 Å². The summed E-state index contributed by atoms with van der Waals surface area (Å²) < 4.78 is 10.6. The Morgan fingerprint density at radius 1 is 1.50 bits per heavy atom. The lowest BCUT2D eigenvalue weighted by molar-refractivity contribution is -0.152. The number of carbonyl (C=O) groups is 1. The third-order valence-corrected chi connectivity index (χ3v) is 2.93. The molecule has 0 saturated carbocycles. The van der Waals surface area contributed by atoms with Gasteiger partial charge in [-0.1, -0.05) is 20.3 Å². The number of rotatable bonds is 6. The maximum absolute atomic E-state index is 11.3. The Kier molecular flexibility index (Phi) is 6.42. The van der Waals surface area contributed by atoms with Crippen molar-refractivity contribution in [1.82, 2.24) is 5.32 Å². The van der Waals surface area contributed by atoms with Crippen LogP contribution in [0.25, 0.3) is 0 Å². The second-order valence-electron chi connectivity index (χ2n) is 4.39. The van der Waals surface area contributed by atoms with Gasteiger partial charge in [-0.25, -0.2) is 4.79 Å². The molecule has 1 fully saturated rings. The summed E-state index contributed by atoms with van der Waals surface area (Å²) >= 11 is 0.